The molecule has 1 aromatic heterocycles. The molecule has 0 spiro atoms. The molecule has 0 aliphatic carbocycles. The van der Waals surface area contributed by atoms with E-state index in [4.69, 9.17) is 21.5 Å². The van der Waals surface area contributed by atoms with E-state index in [0.717, 1.165) is 83.2 Å². The van der Waals surface area contributed by atoms with Gasteiger partial charge in [0.05, 0.1) is 28.8 Å². The Morgan fingerprint density at radius 1 is 0.589 bits per heavy atom. The molecule has 1 aliphatic rings. The van der Waals surface area contributed by atoms with Crippen LogP contribution in [0.3, 0.4) is 0 Å². The number of hydrogen-bond acceptors (Lipinski definition) is 3. The fraction of sp³-hybridized carbons (Fsp3) is 0.0400. The van der Waals surface area contributed by atoms with Crippen LogP contribution in [0.4, 0.5) is 17.1 Å². The van der Waals surface area contributed by atoms with Gasteiger partial charge in [0.15, 0.2) is 5.84 Å². The molecule has 6 nitrogen and oxygen atoms in total. The summed E-state index contributed by atoms with van der Waals surface area (Å²) >= 11 is 0. The molecule has 0 unspecified atom stereocenters. The highest BCUT2D eigenvalue weighted by atomic mass is 15.1. The Hall–Kier alpha value is -7.44. The van der Waals surface area contributed by atoms with Crippen molar-refractivity contribution in [3.8, 4) is 27.9 Å². The zero-order valence-corrected chi connectivity index (χ0v) is 31.0. The summed E-state index contributed by atoms with van der Waals surface area (Å²) in [6.45, 7) is 2.54. The lowest BCUT2D eigenvalue weighted by Gasteiger charge is -2.27. The van der Waals surface area contributed by atoms with Crippen molar-refractivity contribution in [3.05, 3.63) is 203 Å². The van der Waals surface area contributed by atoms with E-state index >= 15 is 0 Å². The minimum Gasteiger partial charge on any atom is -0.404 e. The second-order valence-corrected chi connectivity index (χ2v) is 13.7. The molecule has 0 saturated heterocycles. The Balaban J connectivity index is 1.22. The normalized spacial score (nSPS) is 13.3. The maximum Gasteiger partial charge on any atom is 0.157 e. The van der Waals surface area contributed by atoms with Crippen molar-refractivity contribution in [1.29, 1.82) is 0 Å². The molecular weight excluding hydrogens is 685 g/mol. The third kappa shape index (κ3) is 6.13. The smallest absolute Gasteiger partial charge is 0.157 e. The summed E-state index contributed by atoms with van der Waals surface area (Å²) in [5.74, 6) is 0.984. The maximum atomic E-state index is 6.56. The van der Waals surface area contributed by atoms with Gasteiger partial charge < -0.3 is 20.9 Å². The largest absolute Gasteiger partial charge is 0.404 e. The van der Waals surface area contributed by atoms with Crippen LogP contribution in [0, 0.1) is 0 Å². The lowest BCUT2D eigenvalue weighted by molar-refractivity contribution is 1.06. The second kappa shape index (κ2) is 14.8. The van der Waals surface area contributed by atoms with E-state index in [-0.39, 0.29) is 0 Å². The van der Waals surface area contributed by atoms with Crippen LogP contribution >= 0.6 is 0 Å². The van der Waals surface area contributed by atoms with E-state index in [1.54, 1.807) is 6.20 Å². The summed E-state index contributed by atoms with van der Waals surface area (Å²) in [6, 6.07) is 61.0. The molecule has 4 N–H and O–H groups in total. The summed E-state index contributed by atoms with van der Waals surface area (Å²) in [6.07, 6.45) is 3.87. The molecule has 0 amide bonds. The van der Waals surface area contributed by atoms with Gasteiger partial charge in [0.1, 0.15) is 5.84 Å². The number of nitrogens with zero attached hydrogens (tertiary/aromatic N) is 4. The van der Waals surface area contributed by atoms with Gasteiger partial charge in [0, 0.05) is 50.4 Å². The van der Waals surface area contributed by atoms with E-state index in [1.807, 2.05) is 48.5 Å². The summed E-state index contributed by atoms with van der Waals surface area (Å²) in [7, 11) is 0. The first-order chi connectivity index (χ1) is 27.6. The second-order valence-electron chi connectivity index (χ2n) is 13.7. The van der Waals surface area contributed by atoms with E-state index in [2.05, 4.69) is 150 Å². The molecule has 0 radical (unpaired) electrons. The monoisotopic (exact) mass is 724 g/mol. The number of amidine groups is 2. The van der Waals surface area contributed by atoms with Crippen molar-refractivity contribution in [2.45, 2.75) is 13.5 Å². The Kier molecular flexibility index (Phi) is 9.05. The van der Waals surface area contributed by atoms with Crippen molar-refractivity contribution < 1.29 is 0 Å². The van der Waals surface area contributed by atoms with E-state index in [9.17, 15) is 0 Å². The molecule has 6 heteroatoms. The molecule has 0 atom stereocenters. The average Bonchev–Trinajstić information content (AvgIpc) is 3.52. The minimum absolute atomic E-state index is 0.414. The number of hydrogen-bond donors (Lipinski definition) is 2. The van der Waals surface area contributed by atoms with Crippen LogP contribution in [-0.2, 0) is 6.54 Å². The first-order valence-electron chi connectivity index (χ1n) is 18.8. The topological polar surface area (TPSA) is 84.9 Å². The molecule has 1 aliphatic heterocycles. The van der Waals surface area contributed by atoms with Crippen molar-refractivity contribution in [1.82, 2.24) is 4.57 Å². The highest BCUT2D eigenvalue weighted by molar-refractivity contribution is 6.11. The van der Waals surface area contributed by atoms with Crippen LogP contribution in [0.25, 0.3) is 51.1 Å². The van der Waals surface area contributed by atoms with Crippen LogP contribution in [0.1, 0.15) is 23.6 Å². The number of aromatic nitrogens is 1. The quantitative estimate of drug-likeness (QED) is 0.132. The minimum atomic E-state index is 0.414. The van der Waals surface area contributed by atoms with Crippen molar-refractivity contribution >= 4 is 51.9 Å². The van der Waals surface area contributed by atoms with Gasteiger partial charge in [-0.3, -0.25) is 4.99 Å². The fourth-order valence-corrected chi connectivity index (χ4v) is 7.83. The Bertz CT molecular complexity index is 2890. The molecule has 9 rings (SSSR count). The summed E-state index contributed by atoms with van der Waals surface area (Å²) in [5, 5.41) is 3.08. The van der Waals surface area contributed by atoms with Crippen LogP contribution in [-0.4, -0.2) is 16.2 Å². The predicted octanol–water partition coefficient (Wildman–Crippen LogP) is 9.60. The van der Waals surface area contributed by atoms with E-state index in [0.29, 0.717) is 18.2 Å². The molecule has 56 heavy (non-hydrogen) atoms. The molecular formula is C50H40N6. The highest BCUT2D eigenvalue weighted by Crippen LogP contribution is 2.51. The van der Waals surface area contributed by atoms with Gasteiger partial charge in [0.2, 0.25) is 0 Å². The Morgan fingerprint density at radius 3 is 1.79 bits per heavy atom. The number of anilines is 3. The first-order valence-corrected chi connectivity index (χ1v) is 18.8. The molecule has 0 bridgehead atoms. The predicted molar refractivity (Wildman–Crippen MR) is 234 cm³/mol. The number of rotatable bonds is 6. The number of fused-ring (bicyclic) bond motifs is 6. The number of benzene rings is 7. The van der Waals surface area contributed by atoms with Crippen LogP contribution in [0.2, 0.25) is 0 Å². The summed E-state index contributed by atoms with van der Waals surface area (Å²) < 4.78 is 2.30. The maximum absolute atomic E-state index is 6.56. The lowest BCUT2D eigenvalue weighted by atomic mass is 9.93. The van der Waals surface area contributed by atoms with Crippen molar-refractivity contribution in [3.63, 3.8) is 0 Å². The molecule has 8 aromatic rings. The van der Waals surface area contributed by atoms with Crippen molar-refractivity contribution in [2.24, 2.45) is 21.5 Å². The summed E-state index contributed by atoms with van der Waals surface area (Å²) in [4.78, 5) is 12.2. The molecule has 2 heterocycles. The van der Waals surface area contributed by atoms with Crippen LogP contribution < -0.4 is 26.9 Å². The molecule has 7 aromatic carbocycles. The summed E-state index contributed by atoms with van der Waals surface area (Å²) in [5.41, 5.74) is 25.9. The van der Waals surface area contributed by atoms with Crippen LogP contribution in [0.5, 0.6) is 0 Å². The van der Waals surface area contributed by atoms with E-state index < -0.39 is 0 Å². The Morgan fingerprint density at radius 2 is 1.16 bits per heavy atom. The van der Waals surface area contributed by atoms with Crippen molar-refractivity contribution in [2.75, 3.05) is 4.90 Å². The zero-order valence-electron chi connectivity index (χ0n) is 31.0. The standard InChI is InChI=1S/C50H40N6/c1-2-45-44(32-51)43-30-41-39-22-12-14-24-46(39)56(37-20-10-5-11-21-37)47-25-15-13-23-40(47)42(41)31-48(43)55(45)38-28-26-36(27-29-38)50(53-33-34-16-6-3-7-17-34)54-49(52)35-18-8-4-9-19-35/h2-32H,33,51H2,1H3,(H2,52,53,54)/b44-32-,45-2+. The van der Waals surface area contributed by atoms with Crippen LogP contribution in [0.15, 0.2) is 186 Å². The SMILES string of the molecule is C/C=c1\c(=C/N)c2cc3c(cc2n1-c1ccc(C(N=C(N)c2ccccc2)=NCc2ccccc2)cc1)-c1ccccc1N(c1ccccc1)c1ccccc1-3. The Labute approximate surface area is 326 Å². The molecule has 0 saturated carbocycles. The third-order valence-electron chi connectivity index (χ3n) is 10.4. The van der Waals surface area contributed by atoms with Gasteiger partial charge in [-0.1, -0.05) is 121 Å². The first kappa shape index (κ1) is 34.3. The number of para-hydroxylation sites is 3. The van der Waals surface area contributed by atoms with Gasteiger partial charge in [-0.2, -0.15) is 0 Å². The number of nitrogens with two attached hydrogens (primary N) is 2. The number of aliphatic imine (C=N–C) groups is 2. The lowest BCUT2D eigenvalue weighted by Crippen LogP contribution is -2.29. The van der Waals surface area contributed by atoms with E-state index in [1.165, 1.54) is 0 Å². The average molecular weight is 725 g/mol. The molecule has 0 fully saturated rings. The molecule has 270 valence electrons. The van der Waals surface area contributed by atoms with Gasteiger partial charge in [-0.05, 0) is 84.3 Å². The van der Waals surface area contributed by atoms with Gasteiger partial charge in [-0.15, -0.1) is 0 Å². The fourth-order valence-electron chi connectivity index (χ4n) is 7.83. The van der Waals surface area contributed by atoms with Gasteiger partial charge in [-0.25, -0.2) is 4.99 Å². The van der Waals surface area contributed by atoms with Gasteiger partial charge >= 0.3 is 0 Å². The zero-order chi connectivity index (χ0) is 38.0. The third-order valence-corrected chi connectivity index (χ3v) is 10.4. The highest BCUT2D eigenvalue weighted by Gasteiger charge is 2.27. The van der Waals surface area contributed by atoms with Gasteiger partial charge in [0.25, 0.3) is 0 Å².